The van der Waals surface area contributed by atoms with Crippen LogP contribution in [-0.4, -0.2) is 12.6 Å². The minimum Gasteiger partial charge on any atom is -0.211 e. The van der Waals surface area contributed by atoms with Crippen LogP contribution in [0.25, 0.3) is 0 Å². The minimum atomic E-state index is 0.190. The van der Waals surface area contributed by atoms with Crippen molar-refractivity contribution in [3.63, 3.8) is 0 Å². The molecule has 0 atom stereocenters. The first-order valence-electron chi connectivity index (χ1n) is 6.50. The van der Waals surface area contributed by atoms with Crippen LogP contribution in [0.2, 0.25) is 0 Å². The maximum absolute atomic E-state index is 10.0. The van der Waals surface area contributed by atoms with Crippen LogP contribution in [0.1, 0.15) is 49.4 Å². The summed E-state index contributed by atoms with van der Waals surface area (Å²) in [6.45, 7) is 11.6. The van der Waals surface area contributed by atoms with E-state index in [2.05, 4.69) is 51.7 Å². The zero-order valence-corrected chi connectivity index (χ0v) is 12.1. The molecule has 0 aliphatic rings. The second kappa shape index (κ2) is 5.97. The molecule has 0 saturated carbocycles. The summed E-state index contributed by atoms with van der Waals surface area (Å²) in [7, 11) is 0. The van der Waals surface area contributed by atoms with Crippen LogP contribution in [0.15, 0.2) is 17.1 Å². The Hall–Kier alpha value is -1.40. The smallest absolute Gasteiger partial charge is 0.211 e. The molecular formula is C16H23NO. The fraction of sp³-hybridized carbons (Fsp3) is 0.562. The Bertz CT molecular complexity index is 439. The van der Waals surface area contributed by atoms with Crippen LogP contribution >= 0.6 is 0 Å². The van der Waals surface area contributed by atoms with Gasteiger partial charge < -0.3 is 0 Å². The summed E-state index contributed by atoms with van der Waals surface area (Å²) in [5.41, 5.74) is 5.65. The molecule has 0 radical (unpaired) electrons. The van der Waals surface area contributed by atoms with E-state index in [1.165, 1.54) is 22.3 Å². The number of carbonyl (C=O) groups excluding carboxylic acids is 1. The maximum Gasteiger partial charge on any atom is 0.234 e. The maximum atomic E-state index is 10.0. The van der Waals surface area contributed by atoms with Gasteiger partial charge in [-0.3, -0.25) is 0 Å². The molecule has 0 aromatic heterocycles. The van der Waals surface area contributed by atoms with E-state index in [-0.39, 0.29) is 5.41 Å². The van der Waals surface area contributed by atoms with Gasteiger partial charge in [-0.2, -0.15) is 0 Å². The van der Waals surface area contributed by atoms with E-state index < -0.39 is 0 Å². The van der Waals surface area contributed by atoms with Gasteiger partial charge in [0.1, 0.15) is 0 Å². The Kier molecular flexibility index (Phi) is 4.86. The predicted molar refractivity (Wildman–Crippen MR) is 75.9 cm³/mol. The molecule has 0 aliphatic heterocycles. The number of rotatable bonds is 4. The molecule has 0 amide bonds. The molecule has 0 spiro atoms. The Morgan fingerprint density at radius 3 is 2.17 bits per heavy atom. The summed E-state index contributed by atoms with van der Waals surface area (Å²) in [5, 5.41) is 0. The molecule has 0 saturated heterocycles. The zero-order chi connectivity index (χ0) is 13.8. The second-order valence-corrected chi connectivity index (χ2v) is 5.92. The van der Waals surface area contributed by atoms with Gasteiger partial charge in [-0.15, -0.1) is 0 Å². The van der Waals surface area contributed by atoms with Crippen molar-refractivity contribution in [3.05, 3.63) is 34.4 Å². The molecule has 1 aromatic carbocycles. The Balaban J connectivity index is 2.91. The topological polar surface area (TPSA) is 29.4 Å². The highest BCUT2D eigenvalue weighted by Gasteiger charge is 2.15. The Morgan fingerprint density at radius 1 is 1.17 bits per heavy atom. The summed E-state index contributed by atoms with van der Waals surface area (Å²) in [5.74, 6) is 0. The summed E-state index contributed by atoms with van der Waals surface area (Å²) < 4.78 is 0. The quantitative estimate of drug-likeness (QED) is 0.450. The molecular weight excluding hydrogens is 222 g/mol. The van der Waals surface area contributed by atoms with Gasteiger partial charge in [-0.25, -0.2) is 9.79 Å². The lowest BCUT2D eigenvalue weighted by atomic mass is 9.83. The number of aryl methyl sites for hydroxylation is 2. The van der Waals surface area contributed by atoms with Crippen LogP contribution in [0.4, 0.5) is 0 Å². The number of hydrogen-bond donors (Lipinski definition) is 0. The third-order valence-corrected chi connectivity index (χ3v) is 3.32. The SMILES string of the molecule is Cc1cc(C(C)(C)C)cc(C)c1CCCN=C=O. The predicted octanol–water partition coefficient (Wildman–Crippen LogP) is 3.87. The normalized spacial score (nSPS) is 11.2. The third kappa shape index (κ3) is 3.82. The van der Waals surface area contributed by atoms with E-state index in [0.29, 0.717) is 6.54 Å². The first kappa shape index (κ1) is 14.7. The van der Waals surface area contributed by atoms with Crippen molar-refractivity contribution in [2.75, 3.05) is 6.54 Å². The Labute approximate surface area is 110 Å². The molecule has 98 valence electrons. The summed E-state index contributed by atoms with van der Waals surface area (Å²) in [6.07, 6.45) is 3.48. The number of hydrogen-bond acceptors (Lipinski definition) is 2. The van der Waals surface area contributed by atoms with Gasteiger partial charge in [0.15, 0.2) is 0 Å². The van der Waals surface area contributed by atoms with Crippen LogP contribution < -0.4 is 0 Å². The molecule has 0 heterocycles. The molecule has 1 aromatic rings. The van der Waals surface area contributed by atoms with Crippen LogP contribution in [-0.2, 0) is 16.6 Å². The second-order valence-electron chi connectivity index (χ2n) is 5.92. The number of aliphatic imine (C=N–C) groups is 1. The van der Waals surface area contributed by atoms with Crippen molar-refractivity contribution in [2.45, 2.75) is 52.9 Å². The lowest BCUT2D eigenvalue weighted by Gasteiger charge is -2.22. The first-order chi connectivity index (χ1) is 8.36. The average Bonchev–Trinajstić information content (AvgIpc) is 2.25. The largest absolute Gasteiger partial charge is 0.234 e. The van der Waals surface area contributed by atoms with Gasteiger partial charge in [0.2, 0.25) is 6.08 Å². The van der Waals surface area contributed by atoms with Gasteiger partial charge in [-0.1, -0.05) is 32.9 Å². The molecule has 0 unspecified atom stereocenters. The molecule has 0 N–H and O–H groups in total. The van der Waals surface area contributed by atoms with E-state index in [0.717, 1.165) is 12.8 Å². The number of nitrogens with zero attached hydrogens (tertiary/aromatic N) is 1. The Morgan fingerprint density at radius 2 is 1.72 bits per heavy atom. The van der Waals surface area contributed by atoms with Crippen molar-refractivity contribution >= 4 is 6.08 Å². The van der Waals surface area contributed by atoms with Crippen LogP contribution in [0.5, 0.6) is 0 Å². The molecule has 0 bridgehead atoms. The van der Waals surface area contributed by atoms with E-state index in [4.69, 9.17) is 0 Å². The molecule has 2 nitrogen and oxygen atoms in total. The first-order valence-corrected chi connectivity index (χ1v) is 6.50. The van der Waals surface area contributed by atoms with E-state index in [9.17, 15) is 4.79 Å². The van der Waals surface area contributed by atoms with Crippen molar-refractivity contribution in [3.8, 4) is 0 Å². The van der Waals surface area contributed by atoms with Crippen LogP contribution in [0, 0.1) is 13.8 Å². The highest BCUT2D eigenvalue weighted by atomic mass is 16.1. The standard InChI is InChI=1S/C16H23NO/c1-12-9-14(16(3,4)5)10-13(2)15(12)7-6-8-17-11-18/h9-10H,6-8H2,1-5H3. The fourth-order valence-electron chi connectivity index (χ4n) is 2.20. The lowest BCUT2D eigenvalue weighted by Crippen LogP contribution is -2.12. The summed E-state index contributed by atoms with van der Waals surface area (Å²) in [6, 6.07) is 4.57. The zero-order valence-electron chi connectivity index (χ0n) is 12.1. The van der Waals surface area contributed by atoms with E-state index in [1.807, 2.05) is 0 Å². The summed E-state index contributed by atoms with van der Waals surface area (Å²) >= 11 is 0. The van der Waals surface area contributed by atoms with Crippen molar-refractivity contribution < 1.29 is 4.79 Å². The number of benzene rings is 1. The third-order valence-electron chi connectivity index (χ3n) is 3.32. The fourth-order valence-corrected chi connectivity index (χ4v) is 2.20. The van der Waals surface area contributed by atoms with E-state index >= 15 is 0 Å². The van der Waals surface area contributed by atoms with Gasteiger partial charge in [0, 0.05) is 0 Å². The van der Waals surface area contributed by atoms with Crippen molar-refractivity contribution in [2.24, 2.45) is 4.99 Å². The van der Waals surface area contributed by atoms with Gasteiger partial charge in [-0.05, 0) is 54.4 Å². The van der Waals surface area contributed by atoms with E-state index in [1.54, 1.807) is 6.08 Å². The van der Waals surface area contributed by atoms with Crippen molar-refractivity contribution in [1.82, 2.24) is 0 Å². The summed E-state index contributed by atoms with van der Waals surface area (Å²) in [4.78, 5) is 13.6. The minimum absolute atomic E-state index is 0.190. The van der Waals surface area contributed by atoms with Gasteiger partial charge in [0.05, 0.1) is 6.54 Å². The molecule has 2 heteroatoms. The highest BCUT2D eigenvalue weighted by Crippen LogP contribution is 2.27. The highest BCUT2D eigenvalue weighted by molar-refractivity contribution is 5.40. The molecule has 1 rings (SSSR count). The van der Waals surface area contributed by atoms with Crippen LogP contribution in [0.3, 0.4) is 0 Å². The van der Waals surface area contributed by atoms with Gasteiger partial charge >= 0.3 is 0 Å². The molecule has 18 heavy (non-hydrogen) atoms. The van der Waals surface area contributed by atoms with Crippen molar-refractivity contribution in [1.29, 1.82) is 0 Å². The molecule has 0 aliphatic carbocycles. The molecule has 0 fully saturated rings. The lowest BCUT2D eigenvalue weighted by molar-refractivity contribution is 0.562. The number of isocyanates is 1. The van der Waals surface area contributed by atoms with Gasteiger partial charge in [0.25, 0.3) is 0 Å². The monoisotopic (exact) mass is 245 g/mol. The average molecular weight is 245 g/mol.